The van der Waals surface area contributed by atoms with Gasteiger partial charge in [-0.2, -0.15) is 5.10 Å². The summed E-state index contributed by atoms with van der Waals surface area (Å²) < 4.78 is 2.98. The second-order valence-corrected chi connectivity index (χ2v) is 6.68. The molecule has 1 aromatic carbocycles. The fourth-order valence-corrected chi connectivity index (χ4v) is 3.11. The highest BCUT2D eigenvalue weighted by Gasteiger charge is 2.16. The Kier molecular flexibility index (Phi) is 5.85. The molecule has 0 amide bonds. The van der Waals surface area contributed by atoms with Crippen molar-refractivity contribution < 1.29 is 0 Å². The van der Waals surface area contributed by atoms with Crippen LogP contribution in [-0.4, -0.2) is 16.3 Å². The van der Waals surface area contributed by atoms with Crippen molar-refractivity contribution in [3.8, 4) is 0 Å². The molecule has 114 valence electrons. The number of hydrogen-bond acceptors (Lipinski definition) is 2. The maximum atomic E-state index is 6.39. The summed E-state index contributed by atoms with van der Waals surface area (Å²) in [6.45, 7) is 7.25. The normalized spacial score (nSPS) is 12.9. The van der Waals surface area contributed by atoms with Crippen molar-refractivity contribution in [2.24, 2.45) is 0 Å². The summed E-state index contributed by atoms with van der Waals surface area (Å²) in [5, 5.41) is 8.90. The minimum Gasteiger partial charge on any atom is -0.310 e. The van der Waals surface area contributed by atoms with Gasteiger partial charge in [-0.05, 0) is 44.2 Å². The molecule has 1 atom stereocenters. The summed E-state index contributed by atoms with van der Waals surface area (Å²) in [5.74, 6) is 0. The van der Waals surface area contributed by atoms with E-state index in [4.69, 9.17) is 11.6 Å². The standard InChI is InChI=1S/C16H21BrClN3/c1-4-19-16(14-6-5-12(17)9-15(14)18)10-13-7-8-21(20-13)11(2)3/h5-9,11,16,19H,4,10H2,1-3H3. The van der Waals surface area contributed by atoms with E-state index in [1.807, 2.05) is 23.0 Å². The quantitative estimate of drug-likeness (QED) is 0.793. The van der Waals surface area contributed by atoms with E-state index in [-0.39, 0.29) is 6.04 Å². The second-order valence-electron chi connectivity index (χ2n) is 5.36. The Hall–Kier alpha value is -0.840. The third-order valence-corrected chi connectivity index (χ3v) is 4.21. The molecule has 0 aliphatic heterocycles. The molecule has 1 aromatic heterocycles. The van der Waals surface area contributed by atoms with E-state index in [0.717, 1.165) is 33.7 Å². The van der Waals surface area contributed by atoms with Crippen molar-refractivity contribution in [3.63, 3.8) is 0 Å². The zero-order chi connectivity index (χ0) is 15.4. The van der Waals surface area contributed by atoms with Crippen LogP contribution in [0.15, 0.2) is 34.9 Å². The summed E-state index contributed by atoms with van der Waals surface area (Å²) >= 11 is 9.84. The Morgan fingerprint density at radius 3 is 2.67 bits per heavy atom. The Bertz CT molecular complexity index is 595. The van der Waals surface area contributed by atoms with Crippen LogP contribution in [0.5, 0.6) is 0 Å². The van der Waals surface area contributed by atoms with Crippen LogP contribution in [0, 0.1) is 0 Å². The first-order valence-electron chi connectivity index (χ1n) is 7.23. The predicted octanol–water partition coefficient (Wildman–Crippen LogP) is 4.77. The van der Waals surface area contributed by atoms with Gasteiger partial charge in [-0.15, -0.1) is 0 Å². The number of nitrogens with one attached hydrogen (secondary N) is 1. The first-order valence-corrected chi connectivity index (χ1v) is 8.40. The molecule has 0 saturated heterocycles. The third kappa shape index (κ3) is 4.31. The first-order chi connectivity index (χ1) is 10.0. The van der Waals surface area contributed by atoms with Gasteiger partial charge in [0.1, 0.15) is 0 Å². The maximum absolute atomic E-state index is 6.39. The Morgan fingerprint density at radius 1 is 1.33 bits per heavy atom. The van der Waals surface area contributed by atoms with E-state index in [1.54, 1.807) is 0 Å². The van der Waals surface area contributed by atoms with Crippen molar-refractivity contribution >= 4 is 27.5 Å². The molecule has 1 heterocycles. The second kappa shape index (κ2) is 7.43. The van der Waals surface area contributed by atoms with Crippen molar-refractivity contribution in [2.45, 2.75) is 39.3 Å². The number of hydrogen-bond donors (Lipinski definition) is 1. The van der Waals surface area contributed by atoms with Gasteiger partial charge in [0.15, 0.2) is 0 Å². The minimum atomic E-state index is 0.172. The van der Waals surface area contributed by atoms with Gasteiger partial charge in [0, 0.05) is 34.2 Å². The number of aromatic nitrogens is 2. The highest BCUT2D eigenvalue weighted by Crippen LogP contribution is 2.28. The molecule has 0 aliphatic carbocycles. The summed E-state index contributed by atoms with van der Waals surface area (Å²) in [5.41, 5.74) is 2.19. The van der Waals surface area contributed by atoms with E-state index in [9.17, 15) is 0 Å². The van der Waals surface area contributed by atoms with Crippen molar-refractivity contribution in [1.82, 2.24) is 15.1 Å². The van der Waals surface area contributed by atoms with Crippen LogP contribution in [0.1, 0.15) is 44.1 Å². The van der Waals surface area contributed by atoms with Crippen LogP contribution in [0.2, 0.25) is 5.02 Å². The van der Waals surface area contributed by atoms with Crippen molar-refractivity contribution in [3.05, 3.63) is 51.2 Å². The monoisotopic (exact) mass is 369 g/mol. The van der Waals surface area contributed by atoms with Crippen LogP contribution in [0.3, 0.4) is 0 Å². The fourth-order valence-electron chi connectivity index (χ4n) is 2.31. The van der Waals surface area contributed by atoms with Gasteiger partial charge in [0.25, 0.3) is 0 Å². The molecular weight excluding hydrogens is 350 g/mol. The van der Waals surface area contributed by atoms with E-state index >= 15 is 0 Å². The molecule has 0 radical (unpaired) electrons. The Labute approximate surface area is 139 Å². The van der Waals surface area contributed by atoms with Crippen molar-refractivity contribution in [2.75, 3.05) is 6.54 Å². The molecule has 5 heteroatoms. The summed E-state index contributed by atoms with van der Waals surface area (Å²) in [6.07, 6.45) is 2.86. The van der Waals surface area contributed by atoms with Gasteiger partial charge < -0.3 is 5.32 Å². The molecule has 21 heavy (non-hydrogen) atoms. The predicted molar refractivity (Wildman–Crippen MR) is 91.9 cm³/mol. The van der Waals surface area contributed by atoms with Gasteiger partial charge in [0.2, 0.25) is 0 Å². The lowest BCUT2D eigenvalue weighted by atomic mass is 10.0. The number of benzene rings is 1. The Morgan fingerprint density at radius 2 is 2.10 bits per heavy atom. The molecule has 3 nitrogen and oxygen atoms in total. The molecule has 0 aliphatic rings. The largest absolute Gasteiger partial charge is 0.310 e. The minimum absolute atomic E-state index is 0.172. The van der Waals surface area contributed by atoms with Gasteiger partial charge in [-0.25, -0.2) is 0 Å². The molecular formula is C16H21BrClN3. The van der Waals surface area contributed by atoms with Crippen LogP contribution in [-0.2, 0) is 6.42 Å². The van der Waals surface area contributed by atoms with Crippen LogP contribution < -0.4 is 5.32 Å². The number of rotatable bonds is 6. The fraction of sp³-hybridized carbons (Fsp3) is 0.438. The maximum Gasteiger partial charge on any atom is 0.0643 e. The molecule has 1 N–H and O–H groups in total. The SMILES string of the molecule is CCNC(Cc1ccn(C(C)C)n1)c1ccc(Br)cc1Cl. The van der Waals surface area contributed by atoms with Gasteiger partial charge >= 0.3 is 0 Å². The molecule has 1 unspecified atom stereocenters. The summed E-state index contributed by atoms with van der Waals surface area (Å²) in [7, 11) is 0. The van der Waals surface area contributed by atoms with E-state index in [2.05, 4.69) is 59.2 Å². The summed E-state index contributed by atoms with van der Waals surface area (Å²) in [4.78, 5) is 0. The topological polar surface area (TPSA) is 29.9 Å². The average Bonchev–Trinajstić information content (AvgIpc) is 2.87. The lowest BCUT2D eigenvalue weighted by molar-refractivity contribution is 0.506. The number of halogens is 2. The van der Waals surface area contributed by atoms with Gasteiger partial charge in [0.05, 0.1) is 5.69 Å². The zero-order valence-electron chi connectivity index (χ0n) is 12.6. The van der Waals surface area contributed by atoms with E-state index < -0.39 is 0 Å². The molecule has 0 fully saturated rings. The van der Waals surface area contributed by atoms with Crippen LogP contribution in [0.4, 0.5) is 0 Å². The Balaban J connectivity index is 2.21. The lowest BCUT2D eigenvalue weighted by Gasteiger charge is -2.19. The number of likely N-dealkylation sites (N-methyl/N-ethyl adjacent to an activating group) is 1. The molecule has 0 saturated carbocycles. The molecule has 0 bridgehead atoms. The van der Waals surface area contributed by atoms with Crippen LogP contribution >= 0.6 is 27.5 Å². The van der Waals surface area contributed by atoms with E-state index in [1.165, 1.54) is 0 Å². The first kappa shape index (κ1) is 16.5. The molecule has 2 rings (SSSR count). The van der Waals surface area contributed by atoms with Crippen molar-refractivity contribution in [1.29, 1.82) is 0 Å². The number of nitrogens with zero attached hydrogens (tertiary/aromatic N) is 2. The highest BCUT2D eigenvalue weighted by molar-refractivity contribution is 9.10. The van der Waals surface area contributed by atoms with E-state index in [0.29, 0.717) is 6.04 Å². The molecule has 0 spiro atoms. The highest BCUT2D eigenvalue weighted by atomic mass is 79.9. The third-order valence-electron chi connectivity index (χ3n) is 3.39. The van der Waals surface area contributed by atoms with Gasteiger partial charge in [-0.3, -0.25) is 4.68 Å². The summed E-state index contributed by atoms with van der Waals surface area (Å²) in [6, 6.07) is 8.67. The van der Waals surface area contributed by atoms with Crippen LogP contribution in [0.25, 0.3) is 0 Å². The molecule has 2 aromatic rings. The smallest absolute Gasteiger partial charge is 0.0643 e. The van der Waals surface area contributed by atoms with Gasteiger partial charge in [-0.1, -0.05) is 40.5 Å². The lowest BCUT2D eigenvalue weighted by Crippen LogP contribution is -2.23. The zero-order valence-corrected chi connectivity index (χ0v) is 14.9. The average molecular weight is 371 g/mol.